The van der Waals surface area contributed by atoms with E-state index in [4.69, 9.17) is 10.9 Å². The highest BCUT2D eigenvalue weighted by Gasteiger charge is 2.30. The monoisotopic (exact) mass is 286 g/mol. The number of nitrogens with one attached hydrogen (secondary N) is 1. The van der Waals surface area contributed by atoms with Crippen LogP contribution in [0.25, 0.3) is 0 Å². The fraction of sp³-hybridized carbons (Fsp3) is 0.545. The number of sulfonamides is 1. The molecule has 0 spiro atoms. The second-order valence-corrected chi connectivity index (χ2v) is 6.45. The molecule has 2 heterocycles. The van der Waals surface area contributed by atoms with Crippen LogP contribution in [0, 0.1) is 5.92 Å². The lowest BCUT2D eigenvalue weighted by Gasteiger charge is -2.30. The zero-order valence-electron chi connectivity index (χ0n) is 10.5. The third-order valence-electron chi connectivity index (χ3n) is 3.39. The number of hydrogen-bond donors (Lipinski definition) is 3. The van der Waals surface area contributed by atoms with E-state index in [9.17, 15) is 8.42 Å². The first-order chi connectivity index (χ1) is 9.09. The van der Waals surface area contributed by atoms with Gasteiger partial charge in [-0.1, -0.05) is 0 Å². The zero-order valence-corrected chi connectivity index (χ0v) is 11.3. The lowest BCUT2D eigenvalue weighted by Crippen LogP contribution is -2.39. The minimum atomic E-state index is -3.59. The molecule has 1 aliphatic heterocycles. The number of aliphatic hydroxyl groups is 1. The van der Waals surface area contributed by atoms with Gasteiger partial charge in [-0.05, 0) is 24.8 Å². The summed E-state index contributed by atoms with van der Waals surface area (Å²) in [6, 6.07) is 1.52. The summed E-state index contributed by atoms with van der Waals surface area (Å²) >= 11 is 0. The summed E-state index contributed by atoms with van der Waals surface area (Å²) in [5, 5.41) is 9.07. The molecule has 0 bridgehead atoms. The van der Waals surface area contributed by atoms with E-state index in [0.717, 1.165) is 0 Å². The van der Waals surface area contributed by atoms with Gasteiger partial charge >= 0.3 is 0 Å². The third kappa shape index (κ3) is 2.86. The molecule has 8 heteroatoms. The predicted octanol–water partition coefficient (Wildman–Crippen LogP) is -0.240. The highest BCUT2D eigenvalue weighted by Crippen LogP contribution is 2.26. The van der Waals surface area contributed by atoms with E-state index in [1.54, 1.807) is 0 Å². The molecule has 4 N–H and O–H groups in total. The van der Waals surface area contributed by atoms with E-state index in [1.807, 2.05) is 0 Å². The van der Waals surface area contributed by atoms with Crippen molar-refractivity contribution in [2.24, 2.45) is 11.8 Å². The molecule has 1 saturated heterocycles. The van der Waals surface area contributed by atoms with Crippen molar-refractivity contribution in [1.29, 1.82) is 0 Å². The maximum atomic E-state index is 12.5. The van der Waals surface area contributed by atoms with Gasteiger partial charge in [0.25, 0.3) is 0 Å². The lowest BCUT2D eigenvalue weighted by molar-refractivity contribution is 0.170. The van der Waals surface area contributed by atoms with Gasteiger partial charge in [-0.15, -0.1) is 0 Å². The fourth-order valence-corrected chi connectivity index (χ4v) is 3.74. The smallest absolute Gasteiger partial charge is 0.246 e. The molecule has 0 saturated carbocycles. The van der Waals surface area contributed by atoms with Crippen molar-refractivity contribution >= 4 is 15.7 Å². The van der Waals surface area contributed by atoms with Crippen LogP contribution in [0.3, 0.4) is 0 Å². The van der Waals surface area contributed by atoms with Gasteiger partial charge in [0.1, 0.15) is 4.90 Å². The summed E-state index contributed by atoms with van der Waals surface area (Å²) in [5.41, 5.74) is 2.71. The van der Waals surface area contributed by atoms with Crippen LogP contribution in [0.15, 0.2) is 23.4 Å². The molecule has 1 aliphatic rings. The summed E-state index contributed by atoms with van der Waals surface area (Å²) in [7, 11) is -3.59. The quantitative estimate of drug-likeness (QED) is 0.521. The van der Waals surface area contributed by atoms with Gasteiger partial charge in [-0.3, -0.25) is 10.8 Å². The van der Waals surface area contributed by atoms with Crippen molar-refractivity contribution in [2.45, 2.75) is 17.7 Å². The highest BCUT2D eigenvalue weighted by atomic mass is 32.2. The summed E-state index contributed by atoms with van der Waals surface area (Å²) in [6.45, 7) is 0.926. The van der Waals surface area contributed by atoms with Gasteiger partial charge in [-0.2, -0.15) is 4.31 Å². The Labute approximate surface area is 112 Å². The number of nitrogens with two attached hydrogens (primary N) is 1. The molecular weight excluding hydrogens is 268 g/mol. The molecule has 0 atom stereocenters. The molecule has 19 heavy (non-hydrogen) atoms. The Morgan fingerprint density at radius 2 is 2.16 bits per heavy atom. The van der Waals surface area contributed by atoms with Crippen LogP contribution >= 0.6 is 0 Å². The van der Waals surface area contributed by atoms with Crippen molar-refractivity contribution in [1.82, 2.24) is 9.29 Å². The van der Waals surface area contributed by atoms with Crippen molar-refractivity contribution < 1.29 is 13.5 Å². The summed E-state index contributed by atoms with van der Waals surface area (Å²) in [6.07, 6.45) is 4.11. The number of nitrogen functional groups attached to an aromatic ring is 1. The van der Waals surface area contributed by atoms with Crippen LogP contribution in [0.2, 0.25) is 0 Å². The first-order valence-electron chi connectivity index (χ1n) is 6.11. The Bertz CT molecular complexity index is 526. The summed E-state index contributed by atoms with van der Waals surface area (Å²) < 4.78 is 26.4. The average Bonchev–Trinajstić information content (AvgIpc) is 2.47. The van der Waals surface area contributed by atoms with E-state index < -0.39 is 10.0 Å². The number of pyridine rings is 1. The largest absolute Gasteiger partial charge is 0.396 e. The predicted molar refractivity (Wildman–Crippen MR) is 70.6 cm³/mol. The Hall–Kier alpha value is -1.22. The first-order valence-corrected chi connectivity index (χ1v) is 7.55. The number of aliphatic hydroxyl groups excluding tert-OH is 1. The molecular formula is C11H18N4O3S. The van der Waals surface area contributed by atoms with Gasteiger partial charge in [0.15, 0.2) is 0 Å². The minimum absolute atomic E-state index is 0.0833. The maximum Gasteiger partial charge on any atom is 0.246 e. The number of hydrazine groups is 1. The normalized spacial score (nSPS) is 18.4. The third-order valence-corrected chi connectivity index (χ3v) is 5.32. The molecule has 7 nitrogen and oxygen atoms in total. The Morgan fingerprint density at radius 1 is 1.47 bits per heavy atom. The number of piperidine rings is 1. The maximum absolute atomic E-state index is 12.5. The second-order valence-electron chi connectivity index (χ2n) is 4.55. The first kappa shape index (κ1) is 14.2. The Morgan fingerprint density at radius 3 is 2.74 bits per heavy atom. The number of aromatic nitrogens is 1. The number of anilines is 1. The van der Waals surface area contributed by atoms with Crippen molar-refractivity contribution in [3.8, 4) is 0 Å². The van der Waals surface area contributed by atoms with Gasteiger partial charge < -0.3 is 10.5 Å². The minimum Gasteiger partial charge on any atom is -0.396 e. The number of rotatable bonds is 4. The van der Waals surface area contributed by atoms with E-state index in [-0.39, 0.29) is 17.4 Å². The van der Waals surface area contributed by atoms with E-state index in [2.05, 4.69) is 10.4 Å². The lowest BCUT2D eigenvalue weighted by atomic mass is 10.00. The number of nitrogens with zero attached hydrogens (tertiary/aromatic N) is 2. The molecule has 0 aliphatic carbocycles. The van der Waals surface area contributed by atoms with E-state index in [1.165, 1.54) is 22.8 Å². The van der Waals surface area contributed by atoms with E-state index in [0.29, 0.717) is 31.6 Å². The van der Waals surface area contributed by atoms with Gasteiger partial charge in [0.2, 0.25) is 10.0 Å². The molecule has 0 unspecified atom stereocenters. The van der Waals surface area contributed by atoms with Crippen LogP contribution in [0.5, 0.6) is 0 Å². The van der Waals surface area contributed by atoms with Crippen molar-refractivity contribution in [2.75, 3.05) is 25.1 Å². The Kier molecular flexibility index (Phi) is 4.35. The summed E-state index contributed by atoms with van der Waals surface area (Å²) in [4.78, 5) is 3.93. The molecule has 1 aromatic heterocycles. The Balaban J connectivity index is 2.23. The fourth-order valence-electron chi connectivity index (χ4n) is 2.18. The molecule has 0 amide bonds. The zero-order chi connectivity index (χ0) is 13.9. The van der Waals surface area contributed by atoms with Crippen molar-refractivity contribution in [3.63, 3.8) is 0 Å². The molecule has 2 rings (SSSR count). The topological polar surface area (TPSA) is 109 Å². The van der Waals surface area contributed by atoms with Crippen LogP contribution in [-0.2, 0) is 10.0 Å². The van der Waals surface area contributed by atoms with Crippen LogP contribution in [0.1, 0.15) is 12.8 Å². The second kappa shape index (κ2) is 5.83. The van der Waals surface area contributed by atoms with Crippen LogP contribution in [-0.4, -0.2) is 42.5 Å². The SMILES string of the molecule is NNc1ccncc1S(=O)(=O)N1CCC(CO)CC1. The van der Waals surface area contributed by atoms with E-state index >= 15 is 0 Å². The molecule has 1 aromatic rings. The molecule has 0 aromatic carbocycles. The highest BCUT2D eigenvalue weighted by molar-refractivity contribution is 7.89. The standard InChI is InChI=1S/C11H18N4O3S/c12-14-10-1-4-13-7-11(10)19(17,18)15-5-2-9(8-16)3-6-15/h1,4,7,9,16H,2-3,5-6,8,12H2,(H,13,14). The number of hydrogen-bond acceptors (Lipinski definition) is 6. The molecule has 1 fully saturated rings. The van der Waals surface area contributed by atoms with Gasteiger partial charge in [0.05, 0.1) is 5.69 Å². The summed E-state index contributed by atoms with van der Waals surface area (Å²) in [5.74, 6) is 5.51. The molecule has 0 radical (unpaired) electrons. The molecule has 106 valence electrons. The average molecular weight is 286 g/mol. The van der Waals surface area contributed by atoms with Crippen molar-refractivity contribution in [3.05, 3.63) is 18.5 Å². The van der Waals surface area contributed by atoms with Crippen LogP contribution in [0.4, 0.5) is 5.69 Å². The van der Waals surface area contributed by atoms with Gasteiger partial charge in [-0.25, -0.2) is 8.42 Å². The van der Waals surface area contributed by atoms with Crippen LogP contribution < -0.4 is 11.3 Å². The van der Waals surface area contributed by atoms with Gasteiger partial charge in [0, 0.05) is 32.1 Å².